The van der Waals surface area contributed by atoms with Crippen LogP contribution in [0.25, 0.3) is 0 Å². The number of aromatic nitrogens is 2. The molecule has 8 heteroatoms. The normalized spacial score (nSPS) is 15.0. The molecule has 26 heavy (non-hydrogen) atoms. The number of anilines is 3. The summed E-state index contributed by atoms with van der Waals surface area (Å²) in [6.07, 6.45) is 1.99. The average molecular weight is 375 g/mol. The minimum absolute atomic E-state index is 0.733. The molecule has 1 fully saturated rings. The third kappa shape index (κ3) is 4.31. The van der Waals surface area contributed by atoms with E-state index in [0.717, 1.165) is 60.2 Å². The Hall–Kier alpha value is -2.19. The van der Waals surface area contributed by atoms with Gasteiger partial charge in [-0.25, -0.2) is 9.97 Å². The monoisotopic (exact) mass is 375 g/mol. The molecule has 1 aliphatic rings. The molecule has 1 N–H and O–H groups in total. The third-order valence-corrected chi connectivity index (χ3v) is 4.92. The Kier molecular flexibility index (Phi) is 6.05. The zero-order valence-corrected chi connectivity index (χ0v) is 16.5. The lowest BCUT2D eigenvalue weighted by atomic mass is 10.2. The molecule has 1 aromatic carbocycles. The third-order valence-electron chi connectivity index (χ3n) is 4.37. The van der Waals surface area contributed by atoms with E-state index in [1.54, 1.807) is 14.2 Å². The van der Waals surface area contributed by atoms with Crippen LogP contribution in [0.2, 0.25) is 0 Å². The van der Waals surface area contributed by atoms with Gasteiger partial charge in [-0.2, -0.15) is 0 Å². The number of ether oxygens (including phenoxy) is 2. The van der Waals surface area contributed by atoms with Gasteiger partial charge in [0.25, 0.3) is 0 Å². The fourth-order valence-corrected chi connectivity index (χ4v) is 3.19. The lowest BCUT2D eigenvalue weighted by molar-refractivity contribution is 0.312. The first-order valence-electron chi connectivity index (χ1n) is 8.48. The van der Waals surface area contributed by atoms with Crippen LogP contribution in [-0.2, 0) is 0 Å². The summed E-state index contributed by atoms with van der Waals surface area (Å²) in [5.41, 5.74) is 0.807. The van der Waals surface area contributed by atoms with Gasteiger partial charge in [0, 0.05) is 38.3 Å². The summed E-state index contributed by atoms with van der Waals surface area (Å²) in [5, 5.41) is 4.10. The summed E-state index contributed by atoms with van der Waals surface area (Å²) in [6, 6.07) is 7.63. The van der Waals surface area contributed by atoms with Crippen LogP contribution < -0.4 is 19.7 Å². The average Bonchev–Trinajstić information content (AvgIpc) is 2.68. The van der Waals surface area contributed by atoms with Crippen LogP contribution in [0.1, 0.15) is 0 Å². The SMILES string of the molecule is COc1ccc(OC)c(Nc2cc(N3CCN(C)CC3)nc(SC)n2)c1. The van der Waals surface area contributed by atoms with Crippen molar-refractivity contribution in [2.24, 2.45) is 0 Å². The number of nitrogens with one attached hydrogen (secondary N) is 1. The lowest BCUT2D eigenvalue weighted by Crippen LogP contribution is -2.44. The Morgan fingerprint density at radius 3 is 2.46 bits per heavy atom. The number of piperazine rings is 1. The van der Waals surface area contributed by atoms with E-state index in [9.17, 15) is 0 Å². The summed E-state index contributed by atoms with van der Waals surface area (Å²) < 4.78 is 10.8. The first-order valence-corrected chi connectivity index (χ1v) is 9.71. The fourth-order valence-electron chi connectivity index (χ4n) is 2.82. The van der Waals surface area contributed by atoms with Crippen molar-refractivity contribution < 1.29 is 9.47 Å². The molecule has 1 aromatic heterocycles. The van der Waals surface area contributed by atoms with Crippen LogP contribution in [0.4, 0.5) is 17.3 Å². The maximum atomic E-state index is 5.45. The van der Waals surface area contributed by atoms with Crippen LogP contribution in [0.5, 0.6) is 11.5 Å². The molecule has 1 aliphatic heterocycles. The lowest BCUT2D eigenvalue weighted by Gasteiger charge is -2.33. The Morgan fingerprint density at radius 2 is 1.81 bits per heavy atom. The van der Waals surface area contributed by atoms with Gasteiger partial charge in [0.05, 0.1) is 19.9 Å². The van der Waals surface area contributed by atoms with Gasteiger partial charge < -0.3 is 24.6 Å². The van der Waals surface area contributed by atoms with Crippen molar-refractivity contribution in [2.75, 3.05) is 63.9 Å². The van der Waals surface area contributed by atoms with E-state index in [1.807, 2.05) is 30.5 Å². The summed E-state index contributed by atoms with van der Waals surface area (Å²) in [7, 11) is 5.44. The number of likely N-dealkylation sites (N-methyl/N-ethyl adjacent to an activating group) is 1. The molecule has 0 radical (unpaired) electrons. The fraction of sp³-hybridized carbons (Fsp3) is 0.444. The maximum absolute atomic E-state index is 5.45. The molecule has 3 rings (SSSR count). The zero-order valence-electron chi connectivity index (χ0n) is 15.7. The van der Waals surface area contributed by atoms with Crippen LogP contribution >= 0.6 is 11.8 Å². The molecule has 2 heterocycles. The molecule has 0 unspecified atom stereocenters. The highest BCUT2D eigenvalue weighted by atomic mass is 32.2. The molecule has 0 atom stereocenters. The standard InChI is InChI=1S/C18H25N5O2S/c1-22-7-9-23(10-8-22)17-12-16(20-18(21-17)26-4)19-14-11-13(24-2)5-6-15(14)25-3/h5-6,11-12H,7-10H2,1-4H3,(H,19,20,21). The largest absolute Gasteiger partial charge is 0.497 e. The van der Waals surface area contributed by atoms with Crippen molar-refractivity contribution in [2.45, 2.75) is 5.16 Å². The maximum Gasteiger partial charge on any atom is 0.191 e. The molecule has 7 nitrogen and oxygen atoms in total. The molecule has 0 bridgehead atoms. The summed E-state index contributed by atoms with van der Waals surface area (Å²) in [5.74, 6) is 3.18. The van der Waals surface area contributed by atoms with E-state index < -0.39 is 0 Å². The van der Waals surface area contributed by atoms with Crippen molar-refractivity contribution in [3.63, 3.8) is 0 Å². The first-order chi connectivity index (χ1) is 12.6. The number of methoxy groups -OCH3 is 2. The predicted molar refractivity (Wildman–Crippen MR) is 106 cm³/mol. The van der Waals surface area contributed by atoms with Crippen molar-refractivity contribution in [1.29, 1.82) is 0 Å². The predicted octanol–water partition coefficient (Wildman–Crippen LogP) is 2.71. The number of nitrogens with zero attached hydrogens (tertiary/aromatic N) is 4. The Bertz CT molecular complexity index is 750. The summed E-state index contributed by atoms with van der Waals surface area (Å²) >= 11 is 1.53. The second-order valence-electron chi connectivity index (χ2n) is 6.08. The van der Waals surface area contributed by atoms with E-state index in [2.05, 4.69) is 32.1 Å². The van der Waals surface area contributed by atoms with Gasteiger partial charge in [0.1, 0.15) is 23.1 Å². The first kappa shape index (κ1) is 18.6. The van der Waals surface area contributed by atoms with Gasteiger partial charge in [-0.1, -0.05) is 11.8 Å². The molecule has 140 valence electrons. The highest BCUT2D eigenvalue weighted by Crippen LogP contribution is 2.32. The molecule has 0 aliphatic carbocycles. The zero-order chi connectivity index (χ0) is 18.5. The van der Waals surface area contributed by atoms with Gasteiger partial charge in [-0.3, -0.25) is 0 Å². The molecule has 2 aromatic rings. The quantitative estimate of drug-likeness (QED) is 0.611. The molecule has 1 saturated heterocycles. The van der Waals surface area contributed by atoms with Crippen LogP contribution in [0.15, 0.2) is 29.4 Å². The van der Waals surface area contributed by atoms with Gasteiger partial charge >= 0.3 is 0 Å². The second kappa shape index (κ2) is 8.46. The van der Waals surface area contributed by atoms with Crippen LogP contribution in [-0.4, -0.2) is 68.6 Å². The number of benzene rings is 1. The van der Waals surface area contributed by atoms with Gasteiger partial charge in [-0.05, 0) is 25.4 Å². The smallest absolute Gasteiger partial charge is 0.191 e. The van der Waals surface area contributed by atoms with E-state index in [0.29, 0.717) is 0 Å². The van der Waals surface area contributed by atoms with Crippen molar-refractivity contribution in [3.05, 3.63) is 24.3 Å². The topological polar surface area (TPSA) is 62.8 Å². The van der Waals surface area contributed by atoms with E-state index >= 15 is 0 Å². The Balaban J connectivity index is 1.89. The Labute approximate surface area is 158 Å². The summed E-state index contributed by atoms with van der Waals surface area (Å²) in [6.45, 7) is 3.99. The number of hydrogen-bond donors (Lipinski definition) is 1. The highest BCUT2D eigenvalue weighted by Gasteiger charge is 2.17. The van der Waals surface area contributed by atoms with Crippen molar-refractivity contribution >= 4 is 29.1 Å². The van der Waals surface area contributed by atoms with Crippen molar-refractivity contribution in [1.82, 2.24) is 14.9 Å². The number of thioether (sulfide) groups is 1. The molecular formula is C18H25N5O2S. The minimum Gasteiger partial charge on any atom is -0.497 e. The second-order valence-corrected chi connectivity index (χ2v) is 6.85. The van der Waals surface area contributed by atoms with Gasteiger partial charge in [-0.15, -0.1) is 0 Å². The van der Waals surface area contributed by atoms with Crippen molar-refractivity contribution in [3.8, 4) is 11.5 Å². The molecule has 0 saturated carbocycles. The number of hydrogen-bond acceptors (Lipinski definition) is 8. The van der Waals surface area contributed by atoms with Crippen LogP contribution in [0, 0.1) is 0 Å². The number of rotatable bonds is 6. The minimum atomic E-state index is 0.733. The van der Waals surface area contributed by atoms with Crippen LogP contribution in [0.3, 0.4) is 0 Å². The van der Waals surface area contributed by atoms with Gasteiger partial charge in [0.2, 0.25) is 0 Å². The summed E-state index contributed by atoms with van der Waals surface area (Å²) in [4.78, 5) is 13.9. The molecular weight excluding hydrogens is 350 g/mol. The van der Waals surface area contributed by atoms with E-state index in [-0.39, 0.29) is 0 Å². The highest BCUT2D eigenvalue weighted by molar-refractivity contribution is 7.98. The van der Waals surface area contributed by atoms with Gasteiger partial charge in [0.15, 0.2) is 5.16 Å². The molecule has 0 spiro atoms. The van der Waals surface area contributed by atoms with E-state index in [4.69, 9.17) is 9.47 Å². The molecule has 0 amide bonds. The Morgan fingerprint density at radius 1 is 1.04 bits per heavy atom. The van der Waals surface area contributed by atoms with E-state index in [1.165, 1.54) is 11.8 Å².